The number of hydrogen-bond donors (Lipinski definition) is 0. The highest BCUT2D eigenvalue weighted by Crippen LogP contribution is 2.53. The van der Waals surface area contributed by atoms with E-state index in [2.05, 4.69) is 41.5 Å². The zero-order chi connectivity index (χ0) is 37.5. The Bertz CT molecular complexity index is 2200. The van der Waals surface area contributed by atoms with Gasteiger partial charge >= 0.3 is 0 Å². The van der Waals surface area contributed by atoms with Crippen molar-refractivity contribution in [2.75, 3.05) is 0 Å². The summed E-state index contributed by atoms with van der Waals surface area (Å²) in [6, 6.07) is 15.2. The predicted molar refractivity (Wildman–Crippen MR) is 208 cm³/mol. The molecule has 4 unspecified atom stereocenters. The molecule has 0 aliphatic carbocycles. The molecule has 4 aromatic carbocycles. The summed E-state index contributed by atoms with van der Waals surface area (Å²) in [5, 5.41) is 0. The highest BCUT2D eigenvalue weighted by molar-refractivity contribution is 8.01. The van der Waals surface area contributed by atoms with Gasteiger partial charge in [0.05, 0.1) is 103 Å². The van der Waals surface area contributed by atoms with E-state index in [9.17, 15) is 8.42 Å². The van der Waals surface area contributed by atoms with Crippen LogP contribution >= 0.6 is 11.8 Å². The first-order valence-corrected chi connectivity index (χ1v) is 23.5. The SMILES string of the molecule is CC(C)(C)c1cc2c3c(c1)S(=O)c1cc(C(C)(C)C)cc(c1S3=O)S(=O)c1cc(C(C)(C)C)cc3c1S(=O)c1c(cc(C(C)(C)C)cc1S3=O)S2. The van der Waals surface area contributed by atoms with Gasteiger partial charge in [0.25, 0.3) is 0 Å². The largest absolute Gasteiger partial charge is 0.249 e. The molecule has 7 rings (SSSR count). The first kappa shape index (κ1) is 37.3. The van der Waals surface area contributed by atoms with Gasteiger partial charge in [0.2, 0.25) is 0 Å². The highest BCUT2D eigenvalue weighted by atomic mass is 32.2. The van der Waals surface area contributed by atoms with Crippen LogP contribution < -0.4 is 0 Å². The summed E-state index contributed by atoms with van der Waals surface area (Å²) in [5.74, 6) is 0. The lowest BCUT2D eigenvalue weighted by atomic mass is 9.87. The van der Waals surface area contributed by atoms with Crippen molar-refractivity contribution in [3.63, 3.8) is 0 Å². The Labute approximate surface area is 318 Å². The molecule has 270 valence electrons. The molecular weight excluding hydrogens is 753 g/mol. The van der Waals surface area contributed by atoms with E-state index >= 15 is 12.6 Å². The van der Waals surface area contributed by atoms with E-state index < -0.39 is 64.8 Å². The third-order valence-corrected chi connectivity index (χ3v) is 19.4. The van der Waals surface area contributed by atoms with E-state index in [1.807, 2.05) is 90.1 Å². The first-order chi connectivity index (χ1) is 23.4. The van der Waals surface area contributed by atoms with Gasteiger partial charge in [-0.3, -0.25) is 0 Å². The molecule has 4 bridgehead atoms. The van der Waals surface area contributed by atoms with Crippen molar-refractivity contribution >= 4 is 65.8 Å². The molecule has 3 aliphatic rings. The summed E-state index contributed by atoms with van der Waals surface area (Å²) >= 11 is 1.35. The Morgan fingerprint density at radius 2 is 0.549 bits per heavy atom. The first-order valence-electron chi connectivity index (χ1n) is 16.9. The second kappa shape index (κ2) is 12.0. The zero-order valence-corrected chi connectivity index (χ0v) is 36.0. The van der Waals surface area contributed by atoms with Crippen LogP contribution in [0.5, 0.6) is 0 Å². The lowest BCUT2D eigenvalue weighted by Gasteiger charge is -2.32. The number of rotatable bonds is 0. The minimum absolute atomic E-state index is 0.278. The highest BCUT2D eigenvalue weighted by Gasteiger charge is 2.42. The van der Waals surface area contributed by atoms with Crippen LogP contribution in [0.4, 0.5) is 0 Å². The number of benzene rings is 4. The Morgan fingerprint density at radius 1 is 0.333 bits per heavy atom. The summed E-state index contributed by atoms with van der Waals surface area (Å²) in [4.78, 5) is 4.96. The summed E-state index contributed by atoms with van der Waals surface area (Å²) in [5.41, 5.74) is 1.94. The molecule has 0 radical (unpaired) electrons. The molecule has 11 heteroatoms. The molecule has 4 aromatic rings. The van der Waals surface area contributed by atoms with Crippen molar-refractivity contribution in [1.82, 2.24) is 0 Å². The van der Waals surface area contributed by atoms with Gasteiger partial charge in [0, 0.05) is 9.79 Å². The minimum atomic E-state index is -2.03. The molecule has 0 aromatic heterocycles. The van der Waals surface area contributed by atoms with Crippen molar-refractivity contribution in [2.45, 2.75) is 163 Å². The van der Waals surface area contributed by atoms with Gasteiger partial charge < -0.3 is 0 Å². The Kier molecular flexibility index (Phi) is 8.77. The normalized spacial score (nSPS) is 22.6. The van der Waals surface area contributed by atoms with Crippen molar-refractivity contribution < 1.29 is 21.0 Å². The van der Waals surface area contributed by atoms with Crippen molar-refractivity contribution in [3.05, 3.63) is 70.8 Å². The van der Waals surface area contributed by atoms with E-state index in [-0.39, 0.29) is 30.4 Å². The van der Waals surface area contributed by atoms with Crippen LogP contribution in [0.2, 0.25) is 0 Å². The third kappa shape index (κ3) is 6.00. The summed E-state index contributed by atoms with van der Waals surface area (Å²) in [6.07, 6.45) is 0. The fourth-order valence-corrected chi connectivity index (χ4v) is 17.3. The van der Waals surface area contributed by atoms with Gasteiger partial charge in [-0.2, -0.15) is 0 Å². The van der Waals surface area contributed by atoms with Gasteiger partial charge in [-0.1, -0.05) is 94.8 Å². The van der Waals surface area contributed by atoms with Crippen LogP contribution in [0.1, 0.15) is 105 Å². The quantitative estimate of drug-likeness (QED) is 0.152. The van der Waals surface area contributed by atoms with E-state index in [1.54, 1.807) is 0 Å². The summed E-state index contributed by atoms with van der Waals surface area (Å²) < 4.78 is 75.6. The smallest absolute Gasteiger partial charge is 0.0898 e. The third-order valence-electron chi connectivity index (χ3n) is 9.71. The Hall–Kier alpha value is -2.02. The molecule has 0 saturated heterocycles. The molecule has 3 aliphatic heterocycles. The topological polar surface area (TPSA) is 85.3 Å². The zero-order valence-electron chi connectivity index (χ0n) is 31.1. The van der Waals surface area contributed by atoms with Gasteiger partial charge in [0.1, 0.15) is 0 Å². The fourth-order valence-electron chi connectivity index (χ4n) is 6.43. The van der Waals surface area contributed by atoms with Crippen molar-refractivity contribution in [3.8, 4) is 0 Å². The molecule has 0 saturated carbocycles. The molecule has 0 spiro atoms. The van der Waals surface area contributed by atoms with E-state index in [0.29, 0.717) is 39.2 Å². The average Bonchev–Trinajstić information content (AvgIpc) is 3.01. The Morgan fingerprint density at radius 3 is 0.784 bits per heavy atom. The summed E-state index contributed by atoms with van der Waals surface area (Å²) in [6.45, 7) is 24.7. The average molecular weight is 797 g/mol. The lowest BCUT2D eigenvalue weighted by molar-refractivity contribution is 0.579. The van der Waals surface area contributed by atoms with Crippen LogP contribution in [-0.4, -0.2) is 21.0 Å². The monoisotopic (exact) mass is 796 g/mol. The standard InChI is InChI=1S/C40H44O5S6/c1-37(2,3)21-13-25-33-27(15-21)47(41)29-17-23(39(7,8)9)19-31(35(29)50(33)44)49(43)32-20-24(40(10,11)12)18-30-36(32)51(45)34-26(46-25)14-22(38(4,5)6)16-28(34)48(30)42/h13-20H,1-12H3. The maximum absolute atomic E-state index is 15.4. The second-order valence-corrected chi connectivity index (χ2v) is 25.7. The van der Waals surface area contributed by atoms with Crippen LogP contribution in [-0.2, 0) is 75.7 Å². The minimum Gasteiger partial charge on any atom is -0.249 e. The molecule has 0 N–H and O–H groups in total. The van der Waals surface area contributed by atoms with Crippen LogP contribution in [0.25, 0.3) is 0 Å². The molecule has 4 atom stereocenters. The van der Waals surface area contributed by atoms with Crippen molar-refractivity contribution in [1.29, 1.82) is 0 Å². The lowest BCUT2D eigenvalue weighted by Crippen LogP contribution is -2.23. The molecule has 3 heterocycles. The van der Waals surface area contributed by atoms with Gasteiger partial charge in [-0.05, 0) is 92.4 Å². The van der Waals surface area contributed by atoms with Gasteiger partial charge in [-0.25, -0.2) is 21.0 Å². The van der Waals surface area contributed by atoms with E-state index in [4.69, 9.17) is 0 Å². The fraction of sp³-hybridized carbons (Fsp3) is 0.400. The maximum atomic E-state index is 15.4. The number of hydrogen-bond acceptors (Lipinski definition) is 6. The van der Waals surface area contributed by atoms with Crippen molar-refractivity contribution in [2.24, 2.45) is 0 Å². The molecule has 51 heavy (non-hydrogen) atoms. The van der Waals surface area contributed by atoms with Crippen LogP contribution in [0.3, 0.4) is 0 Å². The summed E-state index contributed by atoms with van der Waals surface area (Å²) in [7, 11) is -9.20. The van der Waals surface area contributed by atoms with Gasteiger partial charge in [0.15, 0.2) is 0 Å². The molecular formula is C40H44O5S6. The molecule has 5 nitrogen and oxygen atoms in total. The molecule has 0 fully saturated rings. The van der Waals surface area contributed by atoms with E-state index in [1.165, 1.54) is 11.8 Å². The maximum Gasteiger partial charge on any atom is 0.0898 e. The Balaban J connectivity index is 1.71. The van der Waals surface area contributed by atoms with Gasteiger partial charge in [-0.15, -0.1) is 0 Å². The van der Waals surface area contributed by atoms with E-state index in [0.717, 1.165) is 22.3 Å². The van der Waals surface area contributed by atoms with Crippen LogP contribution in [0, 0.1) is 0 Å². The predicted octanol–water partition coefficient (Wildman–Crippen LogP) is 9.80. The second-order valence-electron chi connectivity index (χ2n) is 17.7. The molecule has 0 amide bonds. The van der Waals surface area contributed by atoms with Crippen LogP contribution in [0.15, 0.2) is 107 Å².